The SMILES string of the molecule is CN(c1ccc(CNC(C)(C)C)c(Br)c1)C1CCCCC1. The molecule has 0 atom stereocenters. The van der Waals surface area contributed by atoms with Gasteiger partial charge < -0.3 is 10.2 Å². The summed E-state index contributed by atoms with van der Waals surface area (Å²) in [6, 6.07) is 7.49. The Morgan fingerprint density at radius 2 is 1.86 bits per heavy atom. The minimum Gasteiger partial charge on any atom is -0.372 e. The first-order valence-corrected chi connectivity index (χ1v) is 8.92. The Morgan fingerprint density at radius 3 is 2.43 bits per heavy atom. The molecule has 0 bridgehead atoms. The van der Waals surface area contributed by atoms with Crippen molar-refractivity contribution in [3.8, 4) is 0 Å². The van der Waals surface area contributed by atoms with E-state index in [4.69, 9.17) is 0 Å². The molecule has 1 aromatic carbocycles. The maximum absolute atomic E-state index is 3.74. The van der Waals surface area contributed by atoms with E-state index < -0.39 is 0 Å². The molecule has 1 aromatic rings. The highest BCUT2D eigenvalue weighted by Gasteiger charge is 2.19. The van der Waals surface area contributed by atoms with E-state index in [1.165, 1.54) is 47.8 Å². The van der Waals surface area contributed by atoms with Crippen LogP contribution < -0.4 is 10.2 Å². The predicted molar refractivity (Wildman–Crippen MR) is 96.0 cm³/mol. The molecular weight excluding hydrogens is 324 g/mol. The highest BCUT2D eigenvalue weighted by atomic mass is 79.9. The second kappa shape index (κ2) is 7.15. The van der Waals surface area contributed by atoms with Crippen LogP contribution in [0.5, 0.6) is 0 Å². The van der Waals surface area contributed by atoms with Crippen molar-refractivity contribution in [2.24, 2.45) is 0 Å². The Balaban J connectivity index is 2.03. The summed E-state index contributed by atoms with van der Waals surface area (Å²) in [5.41, 5.74) is 2.80. The van der Waals surface area contributed by atoms with Crippen molar-refractivity contribution >= 4 is 21.6 Å². The van der Waals surface area contributed by atoms with Gasteiger partial charge in [0.05, 0.1) is 0 Å². The zero-order chi connectivity index (χ0) is 15.5. The van der Waals surface area contributed by atoms with E-state index >= 15 is 0 Å². The average Bonchev–Trinajstić information content (AvgIpc) is 2.45. The predicted octanol–water partition coefficient (Wildman–Crippen LogP) is 5.11. The molecule has 2 rings (SSSR count). The molecule has 1 saturated carbocycles. The highest BCUT2D eigenvalue weighted by molar-refractivity contribution is 9.10. The first-order valence-electron chi connectivity index (χ1n) is 8.13. The van der Waals surface area contributed by atoms with Gasteiger partial charge in [0, 0.05) is 35.3 Å². The van der Waals surface area contributed by atoms with E-state index in [1.54, 1.807) is 0 Å². The lowest BCUT2D eigenvalue weighted by atomic mass is 9.94. The first-order chi connectivity index (χ1) is 9.87. The summed E-state index contributed by atoms with van der Waals surface area (Å²) in [6.45, 7) is 7.50. The summed E-state index contributed by atoms with van der Waals surface area (Å²) in [5.74, 6) is 0. The van der Waals surface area contributed by atoms with E-state index in [1.807, 2.05) is 0 Å². The number of rotatable bonds is 4. The molecule has 0 aromatic heterocycles. The number of halogens is 1. The third-order valence-corrected chi connectivity index (χ3v) is 5.11. The molecular formula is C18H29BrN2. The number of benzene rings is 1. The molecule has 0 unspecified atom stereocenters. The fourth-order valence-corrected chi connectivity index (χ4v) is 3.45. The second-order valence-electron chi connectivity index (χ2n) is 7.28. The zero-order valence-electron chi connectivity index (χ0n) is 13.9. The van der Waals surface area contributed by atoms with Crippen LogP contribution in [0, 0.1) is 0 Å². The summed E-state index contributed by atoms with van der Waals surface area (Å²) in [5, 5.41) is 3.55. The van der Waals surface area contributed by atoms with E-state index in [-0.39, 0.29) is 5.54 Å². The van der Waals surface area contributed by atoms with Gasteiger partial charge in [0.2, 0.25) is 0 Å². The number of hydrogen-bond donors (Lipinski definition) is 1. The number of hydrogen-bond acceptors (Lipinski definition) is 2. The molecule has 0 radical (unpaired) electrons. The minimum absolute atomic E-state index is 0.150. The summed E-state index contributed by atoms with van der Waals surface area (Å²) in [7, 11) is 2.24. The molecule has 1 aliphatic carbocycles. The topological polar surface area (TPSA) is 15.3 Å². The van der Waals surface area contributed by atoms with Crippen LogP contribution in [0.2, 0.25) is 0 Å². The van der Waals surface area contributed by atoms with Gasteiger partial charge in [-0.3, -0.25) is 0 Å². The monoisotopic (exact) mass is 352 g/mol. The van der Waals surface area contributed by atoms with Crippen LogP contribution in [0.3, 0.4) is 0 Å². The molecule has 0 saturated heterocycles. The number of anilines is 1. The highest BCUT2D eigenvalue weighted by Crippen LogP contribution is 2.29. The van der Waals surface area contributed by atoms with Gasteiger partial charge in [-0.15, -0.1) is 0 Å². The van der Waals surface area contributed by atoms with Gasteiger partial charge >= 0.3 is 0 Å². The van der Waals surface area contributed by atoms with Crippen LogP contribution in [-0.4, -0.2) is 18.6 Å². The summed E-state index contributed by atoms with van der Waals surface area (Å²) in [6.07, 6.45) is 6.84. The molecule has 0 heterocycles. The number of nitrogens with zero attached hydrogens (tertiary/aromatic N) is 1. The van der Waals surface area contributed by atoms with Crippen LogP contribution >= 0.6 is 15.9 Å². The lowest BCUT2D eigenvalue weighted by molar-refractivity contribution is 0.423. The molecule has 1 fully saturated rings. The fourth-order valence-electron chi connectivity index (χ4n) is 2.94. The molecule has 1 aliphatic rings. The van der Waals surface area contributed by atoms with Crippen LogP contribution in [-0.2, 0) is 6.54 Å². The van der Waals surface area contributed by atoms with Crippen LogP contribution in [0.1, 0.15) is 58.4 Å². The summed E-state index contributed by atoms with van der Waals surface area (Å²) < 4.78 is 1.21. The molecule has 2 nitrogen and oxygen atoms in total. The van der Waals surface area contributed by atoms with Crippen LogP contribution in [0.15, 0.2) is 22.7 Å². The second-order valence-corrected chi connectivity index (χ2v) is 8.14. The third kappa shape index (κ3) is 5.00. The van der Waals surface area contributed by atoms with Gasteiger partial charge in [0.1, 0.15) is 0 Å². The smallest absolute Gasteiger partial charge is 0.0377 e. The molecule has 0 spiro atoms. The largest absolute Gasteiger partial charge is 0.372 e. The Labute approximate surface area is 138 Å². The standard InChI is InChI=1S/C18H29BrN2/c1-18(2,3)20-13-14-10-11-16(12-17(14)19)21(4)15-8-6-5-7-9-15/h10-12,15,20H,5-9,13H2,1-4H3. The molecule has 21 heavy (non-hydrogen) atoms. The van der Waals surface area contributed by atoms with Crippen LogP contribution in [0.4, 0.5) is 5.69 Å². The average molecular weight is 353 g/mol. The van der Waals surface area contributed by atoms with Crippen molar-refractivity contribution in [3.05, 3.63) is 28.2 Å². The zero-order valence-corrected chi connectivity index (χ0v) is 15.5. The first kappa shape index (κ1) is 16.8. The van der Waals surface area contributed by atoms with E-state index in [9.17, 15) is 0 Å². The van der Waals surface area contributed by atoms with Gasteiger partial charge in [0.25, 0.3) is 0 Å². The summed E-state index contributed by atoms with van der Waals surface area (Å²) in [4.78, 5) is 2.46. The van der Waals surface area contributed by atoms with Crippen molar-refractivity contribution in [1.82, 2.24) is 5.32 Å². The number of nitrogens with one attached hydrogen (secondary N) is 1. The molecule has 0 amide bonds. The fraction of sp³-hybridized carbons (Fsp3) is 0.667. The van der Waals surface area contributed by atoms with Crippen molar-refractivity contribution < 1.29 is 0 Å². The van der Waals surface area contributed by atoms with Gasteiger partial charge in [-0.2, -0.15) is 0 Å². The van der Waals surface area contributed by atoms with E-state index in [2.05, 4.69) is 72.2 Å². The van der Waals surface area contributed by atoms with Gasteiger partial charge in [-0.1, -0.05) is 41.3 Å². The van der Waals surface area contributed by atoms with Crippen molar-refractivity contribution in [3.63, 3.8) is 0 Å². The van der Waals surface area contributed by atoms with E-state index in [0.717, 1.165) is 6.54 Å². The molecule has 118 valence electrons. The molecule has 1 N–H and O–H groups in total. The lowest BCUT2D eigenvalue weighted by Crippen LogP contribution is -2.35. The third-order valence-electron chi connectivity index (χ3n) is 4.38. The van der Waals surface area contributed by atoms with Crippen LogP contribution in [0.25, 0.3) is 0 Å². The molecule has 3 heteroatoms. The Bertz CT molecular complexity index is 459. The van der Waals surface area contributed by atoms with Gasteiger partial charge in [-0.25, -0.2) is 0 Å². The normalized spacial score (nSPS) is 17.0. The van der Waals surface area contributed by atoms with Gasteiger partial charge in [0.15, 0.2) is 0 Å². The minimum atomic E-state index is 0.150. The maximum atomic E-state index is 3.74. The summed E-state index contributed by atoms with van der Waals surface area (Å²) >= 11 is 3.74. The Hall–Kier alpha value is -0.540. The van der Waals surface area contributed by atoms with Crippen molar-refractivity contribution in [2.75, 3.05) is 11.9 Å². The van der Waals surface area contributed by atoms with Crippen molar-refractivity contribution in [2.45, 2.75) is 71.0 Å². The quantitative estimate of drug-likeness (QED) is 0.810. The Morgan fingerprint density at radius 1 is 1.19 bits per heavy atom. The lowest BCUT2D eigenvalue weighted by Gasteiger charge is -2.33. The molecule has 0 aliphatic heterocycles. The Kier molecular flexibility index (Phi) is 5.73. The van der Waals surface area contributed by atoms with Crippen molar-refractivity contribution in [1.29, 1.82) is 0 Å². The maximum Gasteiger partial charge on any atom is 0.0377 e. The van der Waals surface area contributed by atoms with Gasteiger partial charge in [-0.05, 0) is 51.3 Å². The van der Waals surface area contributed by atoms with E-state index in [0.29, 0.717) is 6.04 Å².